The van der Waals surface area contributed by atoms with E-state index in [-0.39, 0.29) is 0 Å². The molecule has 0 spiro atoms. The normalized spacial score (nSPS) is 13.7. The number of aliphatic hydroxyl groups is 1. The minimum absolute atomic E-state index is 0.426. The Balaban J connectivity index is 1.89. The van der Waals surface area contributed by atoms with E-state index >= 15 is 0 Å². The molecule has 1 N–H and O–H groups in total. The van der Waals surface area contributed by atoms with Gasteiger partial charge in [0.25, 0.3) is 0 Å². The minimum atomic E-state index is -3.81. The molecule has 0 fully saturated rings. The smallest absolute Gasteiger partial charge is 0.404 e. The van der Waals surface area contributed by atoms with Crippen molar-refractivity contribution >= 4 is 7.75 Å². The van der Waals surface area contributed by atoms with Gasteiger partial charge in [-0.25, -0.2) is 4.57 Å². The molecule has 0 amide bonds. The Kier molecular flexibility index (Phi) is 6.53. The van der Waals surface area contributed by atoms with Crippen LogP contribution in [-0.2, 0) is 4.57 Å². The predicted octanol–water partition coefficient (Wildman–Crippen LogP) is 5.31. The van der Waals surface area contributed by atoms with Gasteiger partial charge in [-0.05, 0) is 36.8 Å². The third-order valence-corrected chi connectivity index (χ3v) is 6.52. The highest BCUT2D eigenvalue weighted by molar-refractivity contribution is 7.52. The molecule has 0 saturated carbocycles. The average molecular weight is 397 g/mol. The van der Waals surface area contributed by atoms with Crippen LogP contribution in [0.2, 0.25) is 0 Å². The fraction of sp³-hybridized carbons (Fsp3) is 0.182. The second-order valence-electron chi connectivity index (χ2n) is 6.45. The zero-order chi connectivity index (χ0) is 20.0. The Morgan fingerprint density at radius 1 is 0.786 bits per heavy atom. The summed E-state index contributed by atoms with van der Waals surface area (Å²) in [6.45, 7) is 1.78. The molecule has 0 heterocycles. The second-order valence-corrected chi connectivity index (χ2v) is 8.38. The van der Waals surface area contributed by atoms with Gasteiger partial charge in [-0.2, -0.15) is 4.67 Å². The first kappa shape index (κ1) is 20.2. The Morgan fingerprint density at radius 2 is 1.18 bits per heavy atom. The molecule has 3 aromatic carbocycles. The number of hydrogen-bond donors (Lipinski definition) is 1. The van der Waals surface area contributed by atoms with Crippen molar-refractivity contribution in [2.75, 3.05) is 7.05 Å². The molecule has 6 heteroatoms. The molecule has 3 rings (SSSR count). The maximum absolute atomic E-state index is 13.8. The summed E-state index contributed by atoms with van der Waals surface area (Å²) in [6, 6.07) is 26.5. The lowest BCUT2D eigenvalue weighted by Gasteiger charge is -2.33. The van der Waals surface area contributed by atoms with Gasteiger partial charge in [0, 0.05) is 13.1 Å². The standard InChI is InChI=1S/C22H24NO4P/c1-18(22(24)19-12-6-3-7-13-19)23(2)28(25,26-20-14-8-4-9-15-20)27-21-16-10-5-11-17-21/h3-18,22,24H,1-2H3. The van der Waals surface area contributed by atoms with E-state index in [0.29, 0.717) is 11.5 Å². The van der Waals surface area contributed by atoms with Gasteiger partial charge in [-0.1, -0.05) is 66.7 Å². The molecule has 28 heavy (non-hydrogen) atoms. The van der Waals surface area contributed by atoms with Gasteiger partial charge in [-0.15, -0.1) is 0 Å². The number of nitrogens with zero attached hydrogens (tertiary/aromatic N) is 1. The zero-order valence-corrected chi connectivity index (χ0v) is 16.8. The van der Waals surface area contributed by atoms with Crippen LogP contribution in [0.1, 0.15) is 18.6 Å². The van der Waals surface area contributed by atoms with E-state index in [4.69, 9.17) is 9.05 Å². The first-order valence-electron chi connectivity index (χ1n) is 9.05. The monoisotopic (exact) mass is 397 g/mol. The third-order valence-electron chi connectivity index (χ3n) is 4.50. The van der Waals surface area contributed by atoms with Crippen molar-refractivity contribution in [3.63, 3.8) is 0 Å². The molecule has 0 radical (unpaired) electrons. The first-order chi connectivity index (χ1) is 13.5. The van der Waals surface area contributed by atoms with Gasteiger partial charge in [0.2, 0.25) is 0 Å². The van der Waals surface area contributed by atoms with Gasteiger partial charge in [0.15, 0.2) is 0 Å². The van der Waals surface area contributed by atoms with Crippen LogP contribution in [0.3, 0.4) is 0 Å². The van der Waals surface area contributed by atoms with Crippen LogP contribution in [0.15, 0.2) is 91.0 Å². The summed E-state index contributed by atoms with van der Waals surface area (Å²) in [6.07, 6.45) is -0.863. The van der Waals surface area contributed by atoms with Crippen molar-refractivity contribution in [2.45, 2.75) is 19.1 Å². The summed E-state index contributed by atoms with van der Waals surface area (Å²) in [7, 11) is -2.18. The number of para-hydroxylation sites is 2. The molecule has 0 aliphatic carbocycles. The average Bonchev–Trinajstić information content (AvgIpc) is 2.74. The Labute approximate surface area is 165 Å². The van der Waals surface area contributed by atoms with Gasteiger partial charge >= 0.3 is 7.75 Å². The van der Waals surface area contributed by atoms with E-state index in [0.717, 1.165) is 5.56 Å². The van der Waals surface area contributed by atoms with E-state index in [1.54, 1.807) is 62.5 Å². The van der Waals surface area contributed by atoms with Crippen LogP contribution in [-0.4, -0.2) is 22.9 Å². The molecule has 0 aliphatic heterocycles. The van der Waals surface area contributed by atoms with Crippen molar-refractivity contribution in [3.8, 4) is 11.5 Å². The molecule has 2 atom stereocenters. The Bertz CT molecular complexity index is 860. The molecule has 146 valence electrons. The van der Waals surface area contributed by atoms with Crippen molar-refractivity contribution < 1.29 is 18.7 Å². The second kappa shape index (κ2) is 9.07. The van der Waals surface area contributed by atoms with Gasteiger partial charge in [0.05, 0.1) is 6.10 Å². The largest absolute Gasteiger partial charge is 0.515 e. The quantitative estimate of drug-likeness (QED) is 0.522. The van der Waals surface area contributed by atoms with Crippen LogP contribution < -0.4 is 9.05 Å². The van der Waals surface area contributed by atoms with E-state index < -0.39 is 19.9 Å². The summed E-state index contributed by atoms with van der Waals surface area (Å²) in [5, 5.41) is 10.8. The summed E-state index contributed by atoms with van der Waals surface area (Å²) in [5.41, 5.74) is 0.729. The summed E-state index contributed by atoms with van der Waals surface area (Å²) < 4.78 is 26.9. The molecule has 0 bridgehead atoms. The number of hydrogen-bond acceptors (Lipinski definition) is 4. The van der Waals surface area contributed by atoms with Crippen molar-refractivity contribution in [2.24, 2.45) is 0 Å². The zero-order valence-electron chi connectivity index (χ0n) is 15.9. The van der Waals surface area contributed by atoms with Crippen LogP contribution in [0.5, 0.6) is 11.5 Å². The third kappa shape index (κ3) is 4.82. The van der Waals surface area contributed by atoms with Crippen molar-refractivity contribution in [1.29, 1.82) is 0 Å². The van der Waals surface area contributed by atoms with Gasteiger partial charge in [-0.3, -0.25) is 0 Å². The van der Waals surface area contributed by atoms with E-state index in [1.807, 2.05) is 42.5 Å². The van der Waals surface area contributed by atoms with E-state index in [1.165, 1.54) is 4.67 Å². The van der Waals surface area contributed by atoms with E-state index in [2.05, 4.69) is 0 Å². The predicted molar refractivity (Wildman–Crippen MR) is 110 cm³/mol. The summed E-state index contributed by atoms with van der Waals surface area (Å²) in [4.78, 5) is 0. The van der Waals surface area contributed by atoms with Crippen LogP contribution in [0.25, 0.3) is 0 Å². The van der Waals surface area contributed by atoms with Crippen LogP contribution in [0.4, 0.5) is 0 Å². The number of benzene rings is 3. The van der Waals surface area contributed by atoms with E-state index in [9.17, 15) is 9.67 Å². The molecular formula is C22H24NO4P. The highest BCUT2D eigenvalue weighted by atomic mass is 31.2. The topological polar surface area (TPSA) is 59.0 Å². The molecule has 5 nitrogen and oxygen atoms in total. The summed E-state index contributed by atoms with van der Waals surface area (Å²) in [5.74, 6) is 0.852. The molecular weight excluding hydrogens is 373 g/mol. The fourth-order valence-electron chi connectivity index (χ4n) is 2.73. The molecule has 3 aromatic rings. The Morgan fingerprint density at radius 3 is 1.61 bits per heavy atom. The maximum Gasteiger partial charge on any atom is 0.515 e. The van der Waals surface area contributed by atoms with Crippen molar-refractivity contribution in [3.05, 3.63) is 96.6 Å². The van der Waals surface area contributed by atoms with Crippen LogP contribution >= 0.6 is 7.75 Å². The lowest BCUT2D eigenvalue weighted by Crippen LogP contribution is -2.35. The SMILES string of the molecule is CC(C(O)c1ccccc1)N(C)P(=O)(Oc1ccccc1)Oc1ccccc1. The van der Waals surface area contributed by atoms with Crippen LogP contribution in [0, 0.1) is 0 Å². The first-order valence-corrected chi connectivity index (χ1v) is 10.5. The molecule has 0 aliphatic rings. The fourth-order valence-corrected chi connectivity index (χ4v) is 4.38. The highest BCUT2D eigenvalue weighted by Crippen LogP contribution is 2.53. The Hall–Kier alpha value is -2.59. The summed E-state index contributed by atoms with van der Waals surface area (Å²) >= 11 is 0. The molecule has 2 unspecified atom stereocenters. The minimum Gasteiger partial charge on any atom is -0.404 e. The molecule has 0 saturated heterocycles. The number of aliphatic hydroxyl groups excluding tert-OH is 1. The number of likely N-dealkylation sites (N-methyl/N-ethyl adjacent to an activating group) is 1. The lowest BCUT2D eigenvalue weighted by molar-refractivity contribution is 0.0967. The number of rotatable bonds is 8. The van der Waals surface area contributed by atoms with Gasteiger partial charge < -0.3 is 14.2 Å². The highest BCUT2D eigenvalue weighted by Gasteiger charge is 2.40. The van der Waals surface area contributed by atoms with Gasteiger partial charge in [0.1, 0.15) is 11.5 Å². The molecule has 0 aromatic heterocycles. The lowest BCUT2D eigenvalue weighted by atomic mass is 10.0. The maximum atomic E-state index is 13.8. The van der Waals surface area contributed by atoms with Crippen molar-refractivity contribution in [1.82, 2.24) is 4.67 Å².